The van der Waals surface area contributed by atoms with Gasteiger partial charge >= 0.3 is 0 Å². The van der Waals surface area contributed by atoms with Crippen LogP contribution >= 0.6 is 0 Å². The van der Waals surface area contributed by atoms with E-state index in [4.69, 9.17) is 14.2 Å². The van der Waals surface area contributed by atoms with Crippen molar-refractivity contribution in [3.63, 3.8) is 0 Å². The lowest BCUT2D eigenvalue weighted by atomic mass is 10.2. The molecule has 4 nitrogen and oxygen atoms in total. The fourth-order valence-electron chi connectivity index (χ4n) is 1.79. The van der Waals surface area contributed by atoms with Crippen LogP contribution in [0.25, 0.3) is 0 Å². The van der Waals surface area contributed by atoms with E-state index < -0.39 is 0 Å². The van der Waals surface area contributed by atoms with Gasteiger partial charge in [0.1, 0.15) is 18.1 Å². The number of hydrogen-bond donors (Lipinski definition) is 1. The van der Waals surface area contributed by atoms with Gasteiger partial charge < -0.3 is 19.5 Å². The molecule has 0 bridgehead atoms. The minimum absolute atomic E-state index is 0.442. The van der Waals surface area contributed by atoms with Crippen LogP contribution in [0.2, 0.25) is 0 Å². The number of ether oxygens (including phenoxy) is 3. The quantitative estimate of drug-likeness (QED) is 0.635. The summed E-state index contributed by atoms with van der Waals surface area (Å²) in [5, 5.41) is 3.41. The van der Waals surface area contributed by atoms with E-state index >= 15 is 0 Å². The van der Waals surface area contributed by atoms with Gasteiger partial charge in [-0.05, 0) is 19.4 Å². The van der Waals surface area contributed by atoms with Crippen LogP contribution in [0.3, 0.4) is 0 Å². The molecule has 0 aliphatic heterocycles. The van der Waals surface area contributed by atoms with Crippen molar-refractivity contribution >= 4 is 0 Å². The molecule has 0 radical (unpaired) electrons. The van der Waals surface area contributed by atoms with Gasteiger partial charge in [-0.15, -0.1) is 0 Å². The monoisotopic (exact) mass is 295 g/mol. The third-order valence-corrected chi connectivity index (χ3v) is 2.90. The van der Waals surface area contributed by atoms with Crippen LogP contribution in [-0.2, 0) is 11.3 Å². The Hall–Kier alpha value is -1.26. The predicted molar refractivity (Wildman–Crippen MR) is 86.2 cm³/mol. The van der Waals surface area contributed by atoms with Crippen molar-refractivity contribution in [2.75, 3.05) is 26.4 Å². The second-order valence-electron chi connectivity index (χ2n) is 5.20. The Morgan fingerprint density at radius 2 is 1.86 bits per heavy atom. The highest BCUT2D eigenvalue weighted by molar-refractivity contribution is 5.40. The van der Waals surface area contributed by atoms with E-state index in [1.807, 2.05) is 19.1 Å². The molecule has 4 heteroatoms. The fraction of sp³-hybridized carbons (Fsp3) is 0.647. The maximum atomic E-state index is 5.85. The van der Waals surface area contributed by atoms with Crippen LogP contribution in [0.5, 0.6) is 11.5 Å². The van der Waals surface area contributed by atoms with Gasteiger partial charge in [0.15, 0.2) is 0 Å². The van der Waals surface area contributed by atoms with E-state index in [1.54, 1.807) is 0 Å². The highest BCUT2D eigenvalue weighted by Crippen LogP contribution is 2.25. The summed E-state index contributed by atoms with van der Waals surface area (Å²) in [6.45, 7) is 11.7. The Kier molecular flexibility index (Phi) is 8.87. The summed E-state index contributed by atoms with van der Waals surface area (Å²) in [5.41, 5.74) is 1.14. The Labute approximate surface area is 128 Å². The molecule has 21 heavy (non-hydrogen) atoms. The smallest absolute Gasteiger partial charge is 0.127 e. The van der Waals surface area contributed by atoms with Crippen LogP contribution in [0.15, 0.2) is 18.2 Å². The largest absolute Gasteiger partial charge is 0.493 e. The lowest BCUT2D eigenvalue weighted by Crippen LogP contribution is -2.22. The molecule has 0 aliphatic carbocycles. The first-order chi connectivity index (χ1) is 10.2. The molecule has 0 heterocycles. The van der Waals surface area contributed by atoms with Crippen molar-refractivity contribution < 1.29 is 14.2 Å². The molecular formula is C17H29NO3. The van der Waals surface area contributed by atoms with Crippen LogP contribution in [0.1, 0.15) is 39.7 Å². The van der Waals surface area contributed by atoms with Crippen molar-refractivity contribution in [2.45, 2.75) is 46.7 Å². The molecule has 0 fully saturated rings. The Bertz CT molecular complexity index is 394. The maximum absolute atomic E-state index is 5.85. The Morgan fingerprint density at radius 1 is 1.05 bits per heavy atom. The number of rotatable bonds is 11. The van der Waals surface area contributed by atoms with E-state index in [9.17, 15) is 0 Å². The van der Waals surface area contributed by atoms with E-state index in [1.165, 1.54) is 0 Å². The fourth-order valence-corrected chi connectivity index (χ4v) is 1.79. The lowest BCUT2D eigenvalue weighted by Gasteiger charge is -2.15. The van der Waals surface area contributed by atoms with Gasteiger partial charge in [-0.25, -0.2) is 0 Å². The maximum Gasteiger partial charge on any atom is 0.127 e. The second kappa shape index (κ2) is 10.5. The van der Waals surface area contributed by atoms with Gasteiger partial charge in [-0.3, -0.25) is 0 Å². The molecule has 1 N–H and O–H groups in total. The number of nitrogens with one attached hydrogen (secondary N) is 1. The molecule has 1 aromatic rings. The normalized spacial score (nSPS) is 10.9. The first kappa shape index (κ1) is 17.8. The zero-order chi connectivity index (χ0) is 15.5. The summed E-state index contributed by atoms with van der Waals surface area (Å²) in [6.07, 6.45) is 0.997. The molecular weight excluding hydrogens is 266 g/mol. The summed E-state index contributed by atoms with van der Waals surface area (Å²) in [4.78, 5) is 0. The molecule has 1 aromatic carbocycles. The molecule has 0 spiro atoms. The van der Waals surface area contributed by atoms with Crippen molar-refractivity contribution in [2.24, 2.45) is 0 Å². The van der Waals surface area contributed by atoms with Gasteiger partial charge in [0, 0.05) is 30.8 Å². The summed E-state index contributed by atoms with van der Waals surface area (Å²) in [5.74, 6) is 1.73. The summed E-state index contributed by atoms with van der Waals surface area (Å²) < 4.78 is 16.8. The molecule has 120 valence electrons. The van der Waals surface area contributed by atoms with Crippen molar-refractivity contribution in [3.8, 4) is 11.5 Å². The van der Waals surface area contributed by atoms with Crippen molar-refractivity contribution in [3.05, 3.63) is 23.8 Å². The summed E-state index contributed by atoms with van der Waals surface area (Å²) in [7, 11) is 0. The van der Waals surface area contributed by atoms with Gasteiger partial charge in [-0.2, -0.15) is 0 Å². The van der Waals surface area contributed by atoms with Crippen LogP contribution in [0.4, 0.5) is 0 Å². The highest BCUT2D eigenvalue weighted by Gasteiger charge is 2.07. The van der Waals surface area contributed by atoms with Crippen LogP contribution in [-0.4, -0.2) is 32.5 Å². The third-order valence-electron chi connectivity index (χ3n) is 2.90. The average Bonchev–Trinajstić information content (AvgIpc) is 2.48. The topological polar surface area (TPSA) is 39.7 Å². The first-order valence-electron chi connectivity index (χ1n) is 7.87. The van der Waals surface area contributed by atoms with Gasteiger partial charge in [0.05, 0.1) is 13.2 Å². The van der Waals surface area contributed by atoms with Gasteiger partial charge in [-0.1, -0.05) is 26.8 Å². The summed E-state index contributed by atoms with van der Waals surface area (Å²) in [6, 6.07) is 6.48. The van der Waals surface area contributed by atoms with E-state index in [0.29, 0.717) is 25.9 Å². The van der Waals surface area contributed by atoms with E-state index in [-0.39, 0.29) is 0 Å². The molecule has 0 unspecified atom stereocenters. The standard InChI is InChI=1S/C17H29NO3/c1-5-9-20-16-8-7-15(13-18-14(3)4)17(12-16)21-11-10-19-6-2/h7-8,12,14,18H,5-6,9-11,13H2,1-4H3. The minimum Gasteiger partial charge on any atom is -0.493 e. The molecule has 0 saturated heterocycles. The molecule has 0 amide bonds. The summed E-state index contributed by atoms with van der Waals surface area (Å²) >= 11 is 0. The van der Waals surface area contributed by atoms with Crippen molar-refractivity contribution in [1.29, 1.82) is 0 Å². The van der Waals surface area contributed by atoms with Gasteiger partial charge in [0.2, 0.25) is 0 Å². The SMILES string of the molecule is CCCOc1ccc(CNC(C)C)c(OCCOCC)c1. The van der Waals surface area contributed by atoms with E-state index in [2.05, 4.69) is 32.2 Å². The first-order valence-corrected chi connectivity index (χ1v) is 7.87. The molecule has 0 atom stereocenters. The third kappa shape index (κ3) is 7.34. The average molecular weight is 295 g/mol. The minimum atomic E-state index is 0.442. The highest BCUT2D eigenvalue weighted by atomic mass is 16.5. The molecule has 1 rings (SSSR count). The van der Waals surface area contributed by atoms with Crippen molar-refractivity contribution in [1.82, 2.24) is 5.32 Å². The predicted octanol–water partition coefficient (Wildman–Crippen LogP) is 3.39. The second-order valence-corrected chi connectivity index (χ2v) is 5.20. The number of benzene rings is 1. The van der Waals surface area contributed by atoms with Gasteiger partial charge in [0.25, 0.3) is 0 Å². The zero-order valence-corrected chi connectivity index (χ0v) is 13.8. The zero-order valence-electron chi connectivity index (χ0n) is 13.8. The van der Waals surface area contributed by atoms with Crippen LogP contribution in [0, 0.1) is 0 Å². The molecule has 0 aromatic heterocycles. The van der Waals surface area contributed by atoms with E-state index in [0.717, 1.165) is 36.6 Å². The number of hydrogen-bond acceptors (Lipinski definition) is 4. The molecule has 0 aliphatic rings. The Morgan fingerprint density at radius 3 is 2.52 bits per heavy atom. The molecule has 0 saturated carbocycles. The lowest BCUT2D eigenvalue weighted by molar-refractivity contribution is 0.109. The van der Waals surface area contributed by atoms with Crippen LogP contribution < -0.4 is 14.8 Å². The Balaban J connectivity index is 2.69.